The number of halogens is 1. The summed E-state index contributed by atoms with van der Waals surface area (Å²) >= 11 is 3.35. The Balaban J connectivity index is 2.03. The first-order valence-electron chi connectivity index (χ1n) is 5.40. The van der Waals surface area contributed by atoms with Gasteiger partial charge in [-0.05, 0) is 36.8 Å². The van der Waals surface area contributed by atoms with E-state index in [1.54, 1.807) is 6.20 Å². The lowest BCUT2D eigenvalue weighted by molar-refractivity contribution is 0.262. The normalized spacial score (nSPS) is 9.89. The number of nitrogens with one attached hydrogen (secondary N) is 2. The third kappa shape index (κ3) is 3.30. The smallest absolute Gasteiger partial charge is 0.308 e. The molecule has 1 heterocycles. The Hall–Kier alpha value is -1.88. The number of aromatic nitrogens is 1. The summed E-state index contributed by atoms with van der Waals surface area (Å²) in [5.74, 6) is 0.560. The molecule has 0 spiro atoms. The molecule has 1 aromatic heterocycles. The van der Waals surface area contributed by atoms with Crippen molar-refractivity contribution in [2.45, 2.75) is 6.92 Å². The first-order valence-corrected chi connectivity index (χ1v) is 6.19. The summed E-state index contributed by atoms with van der Waals surface area (Å²) in [7, 11) is 0. The highest BCUT2D eigenvalue weighted by Gasteiger charge is 2.05. The van der Waals surface area contributed by atoms with Gasteiger partial charge in [-0.15, -0.1) is 0 Å². The van der Waals surface area contributed by atoms with E-state index < -0.39 is 0 Å². The topological polar surface area (TPSA) is 54.0 Å². The molecular formula is C13H12BrN3O. The fourth-order valence-corrected chi connectivity index (χ4v) is 1.85. The second-order valence-corrected chi connectivity index (χ2v) is 4.67. The van der Waals surface area contributed by atoms with E-state index in [0.29, 0.717) is 5.82 Å². The standard InChI is InChI=1S/C13H12BrN3O/c1-9-4-3-7-15-12(9)17-13(18)16-11-6-2-5-10(14)8-11/h2-8H,1H3,(H2,15,16,17,18). The number of anilines is 2. The van der Waals surface area contributed by atoms with Crippen molar-refractivity contribution in [2.24, 2.45) is 0 Å². The summed E-state index contributed by atoms with van der Waals surface area (Å²) in [5.41, 5.74) is 1.64. The van der Waals surface area contributed by atoms with Crippen LogP contribution in [-0.2, 0) is 0 Å². The van der Waals surface area contributed by atoms with Crippen LogP contribution in [0.2, 0.25) is 0 Å². The number of aryl methyl sites for hydroxylation is 1. The van der Waals surface area contributed by atoms with Crippen LogP contribution < -0.4 is 10.6 Å². The van der Waals surface area contributed by atoms with Crippen LogP contribution in [0, 0.1) is 6.92 Å². The Labute approximate surface area is 114 Å². The van der Waals surface area contributed by atoms with Gasteiger partial charge in [-0.3, -0.25) is 5.32 Å². The van der Waals surface area contributed by atoms with Crippen molar-refractivity contribution in [1.29, 1.82) is 0 Å². The first kappa shape index (κ1) is 12.6. The molecule has 0 saturated heterocycles. The molecule has 5 heteroatoms. The molecule has 0 radical (unpaired) electrons. The molecule has 2 N–H and O–H groups in total. The Morgan fingerprint density at radius 1 is 1.22 bits per heavy atom. The SMILES string of the molecule is Cc1cccnc1NC(=O)Nc1cccc(Br)c1. The molecule has 0 atom stereocenters. The van der Waals surface area contributed by atoms with Gasteiger partial charge in [0.25, 0.3) is 0 Å². The summed E-state index contributed by atoms with van der Waals surface area (Å²) in [5, 5.41) is 5.44. The third-order valence-electron chi connectivity index (χ3n) is 2.32. The Morgan fingerprint density at radius 2 is 2.06 bits per heavy atom. The molecule has 0 unspecified atom stereocenters. The predicted octanol–water partition coefficient (Wildman–Crippen LogP) is 3.80. The van der Waals surface area contributed by atoms with Crippen LogP contribution in [-0.4, -0.2) is 11.0 Å². The Bertz CT molecular complexity index is 572. The van der Waals surface area contributed by atoms with Crippen LogP contribution >= 0.6 is 15.9 Å². The van der Waals surface area contributed by atoms with Gasteiger partial charge in [0.2, 0.25) is 0 Å². The largest absolute Gasteiger partial charge is 0.324 e. The maximum atomic E-state index is 11.8. The van der Waals surface area contributed by atoms with Crippen LogP contribution in [0.5, 0.6) is 0 Å². The van der Waals surface area contributed by atoms with Crippen LogP contribution in [0.3, 0.4) is 0 Å². The molecule has 0 aliphatic carbocycles. The van der Waals surface area contributed by atoms with Gasteiger partial charge in [-0.25, -0.2) is 9.78 Å². The molecule has 2 aromatic rings. The zero-order valence-electron chi connectivity index (χ0n) is 9.77. The number of carbonyl (C=O) groups excluding carboxylic acids is 1. The lowest BCUT2D eigenvalue weighted by atomic mass is 10.3. The van der Waals surface area contributed by atoms with Gasteiger partial charge >= 0.3 is 6.03 Å². The van der Waals surface area contributed by atoms with E-state index in [-0.39, 0.29) is 6.03 Å². The molecule has 0 bridgehead atoms. The summed E-state index contributed by atoms with van der Waals surface area (Å²) in [6.07, 6.45) is 1.64. The van der Waals surface area contributed by atoms with E-state index in [2.05, 4.69) is 31.5 Å². The Morgan fingerprint density at radius 3 is 2.78 bits per heavy atom. The number of rotatable bonds is 2. The number of urea groups is 1. The quantitative estimate of drug-likeness (QED) is 0.886. The molecule has 0 aliphatic heterocycles. The second kappa shape index (κ2) is 5.64. The Kier molecular flexibility index (Phi) is 3.94. The molecule has 0 aliphatic rings. The molecule has 18 heavy (non-hydrogen) atoms. The average molecular weight is 306 g/mol. The van der Waals surface area contributed by atoms with Gasteiger partial charge in [0.1, 0.15) is 5.82 Å². The lowest BCUT2D eigenvalue weighted by Gasteiger charge is -2.08. The first-order chi connectivity index (χ1) is 8.65. The van der Waals surface area contributed by atoms with Gasteiger partial charge in [-0.1, -0.05) is 28.1 Å². The van der Waals surface area contributed by atoms with Gasteiger partial charge < -0.3 is 5.32 Å². The lowest BCUT2D eigenvalue weighted by Crippen LogP contribution is -2.20. The average Bonchev–Trinajstić information content (AvgIpc) is 2.32. The fourth-order valence-electron chi connectivity index (χ4n) is 1.45. The van der Waals surface area contributed by atoms with Crippen LogP contribution in [0.1, 0.15) is 5.56 Å². The molecule has 2 amide bonds. The van der Waals surface area contributed by atoms with Gasteiger partial charge in [0.05, 0.1) is 0 Å². The molecule has 0 saturated carbocycles. The van der Waals surface area contributed by atoms with E-state index in [1.165, 1.54) is 0 Å². The highest BCUT2D eigenvalue weighted by atomic mass is 79.9. The van der Waals surface area contributed by atoms with Gasteiger partial charge in [0.15, 0.2) is 0 Å². The van der Waals surface area contributed by atoms with Crippen LogP contribution in [0.25, 0.3) is 0 Å². The zero-order valence-corrected chi connectivity index (χ0v) is 11.4. The highest BCUT2D eigenvalue weighted by molar-refractivity contribution is 9.10. The summed E-state index contributed by atoms with van der Waals surface area (Å²) in [6, 6.07) is 10.8. The van der Waals surface area contributed by atoms with Crippen molar-refractivity contribution in [3.8, 4) is 0 Å². The second-order valence-electron chi connectivity index (χ2n) is 3.76. The third-order valence-corrected chi connectivity index (χ3v) is 2.82. The van der Waals surface area contributed by atoms with Crippen LogP contribution in [0.15, 0.2) is 47.1 Å². The number of hydrogen-bond acceptors (Lipinski definition) is 2. The van der Waals surface area contributed by atoms with E-state index >= 15 is 0 Å². The number of pyridine rings is 1. The number of carbonyl (C=O) groups is 1. The maximum absolute atomic E-state index is 11.8. The zero-order chi connectivity index (χ0) is 13.0. The summed E-state index contributed by atoms with van der Waals surface area (Å²) in [4.78, 5) is 15.9. The van der Waals surface area contributed by atoms with E-state index in [0.717, 1.165) is 15.7 Å². The van der Waals surface area contributed by atoms with Crippen molar-refractivity contribution >= 4 is 33.5 Å². The minimum Gasteiger partial charge on any atom is -0.308 e. The minimum atomic E-state index is -0.310. The monoisotopic (exact) mass is 305 g/mol. The van der Waals surface area contributed by atoms with Gasteiger partial charge in [0, 0.05) is 16.4 Å². The fraction of sp³-hybridized carbons (Fsp3) is 0.0769. The molecule has 4 nitrogen and oxygen atoms in total. The number of hydrogen-bond donors (Lipinski definition) is 2. The van der Waals surface area contributed by atoms with Crippen molar-refractivity contribution < 1.29 is 4.79 Å². The van der Waals surface area contributed by atoms with Crippen molar-refractivity contribution in [3.63, 3.8) is 0 Å². The minimum absolute atomic E-state index is 0.310. The molecule has 92 valence electrons. The van der Waals surface area contributed by atoms with Gasteiger partial charge in [-0.2, -0.15) is 0 Å². The summed E-state index contributed by atoms with van der Waals surface area (Å²) < 4.78 is 0.911. The number of nitrogens with zero attached hydrogens (tertiary/aromatic N) is 1. The predicted molar refractivity (Wildman–Crippen MR) is 75.8 cm³/mol. The molecule has 0 fully saturated rings. The van der Waals surface area contributed by atoms with Crippen molar-refractivity contribution in [3.05, 3.63) is 52.6 Å². The van der Waals surface area contributed by atoms with Crippen molar-refractivity contribution in [2.75, 3.05) is 10.6 Å². The van der Waals surface area contributed by atoms with E-state index in [1.807, 2.05) is 43.3 Å². The highest BCUT2D eigenvalue weighted by Crippen LogP contribution is 2.16. The van der Waals surface area contributed by atoms with Crippen LogP contribution in [0.4, 0.5) is 16.3 Å². The van der Waals surface area contributed by atoms with Crippen molar-refractivity contribution in [1.82, 2.24) is 4.98 Å². The molecular weight excluding hydrogens is 294 g/mol. The number of benzene rings is 1. The maximum Gasteiger partial charge on any atom is 0.324 e. The number of amides is 2. The summed E-state index contributed by atoms with van der Waals surface area (Å²) in [6.45, 7) is 1.89. The van der Waals surface area contributed by atoms with E-state index in [9.17, 15) is 4.79 Å². The molecule has 1 aromatic carbocycles. The molecule has 2 rings (SSSR count). The van der Waals surface area contributed by atoms with E-state index in [4.69, 9.17) is 0 Å².